The smallest absolute Gasteiger partial charge is 0.299 e. The predicted octanol–water partition coefficient (Wildman–Crippen LogP) is 1.78. The summed E-state index contributed by atoms with van der Waals surface area (Å²) < 4.78 is 6.88. The fourth-order valence-corrected chi connectivity index (χ4v) is 3.65. The summed E-state index contributed by atoms with van der Waals surface area (Å²) in [6.45, 7) is 3.50. The van der Waals surface area contributed by atoms with Crippen LogP contribution in [-0.2, 0) is 13.1 Å². The van der Waals surface area contributed by atoms with E-state index in [1.165, 1.54) is 38.5 Å². The molecule has 0 saturated heterocycles. The molecule has 1 aliphatic heterocycles. The molecule has 0 spiro atoms. The van der Waals surface area contributed by atoms with Crippen LogP contribution in [-0.4, -0.2) is 32.5 Å². The maximum absolute atomic E-state index is 12.3. The van der Waals surface area contributed by atoms with Gasteiger partial charge in [0.25, 0.3) is 5.56 Å². The van der Waals surface area contributed by atoms with Gasteiger partial charge in [0.15, 0.2) is 6.39 Å². The van der Waals surface area contributed by atoms with Crippen LogP contribution in [0.3, 0.4) is 0 Å². The van der Waals surface area contributed by atoms with Crippen molar-refractivity contribution in [2.24, 2.45) is 5.92 Å². The van der Waals surface area contributed by atoms with Gasteiger partial charge in [0, 0.05) is 19.6 Å². The second kappa shape index (κ2) is 5.26. The standard InChI is InChI=1S/C15H20N4O2/c20-15-13-14(16-10-21-13)17-12-9-18(6-7-19(12)15)8-11-4-2-1-3-5-11/h10-11H,1-9H2. The van der Waals surface area contributed by atoms with E-state index in [-0.39, 0.29) is 11.1 Å². The monoisotopic (exact) mass is 288 g/mol. The van der Waals surface area contributed by atoms with Crippen LogP contribution in [0.25, 0.3) is 11.2 Å². The summed E-state index contributed by atoms with van der Waals surface area (Å²) in [5.41, 5.74) is 0.620. The topological polar surface area (TPSA) is 64.2 Å². The van der Waals surface area contributed by atoms with Gasteiger partial charge in [-0.3, -0.25) is 14.3 Å². The lowest BCUT2D eigenvalue weighted by Gasteiger charge is -2.33. The summed E-state index contributed by atoms with van der Waals surface area (Å²) >= 11 is 0. The summed E-state index contributed by atoms with van der Waals surface area (Å²) in [5.74, 6) is 1.64. The van der Waals surface area contributed by atoms with Crippen LogP contribution in [0, 0.1) is 5.92 Å². The van der Waals surface area contributed by atoms with Crippen LogP contribution < -0.4 is 5.56 Å². The maximum atomic E-state index is 12.3. The molecule has 0 aromatic carbocycles. The van der Waals surface area contributed by atoms with Gasteiger partial charge in [-0.25, -0.2) is 4.98 Å². The van der Waals surface area contributed by atoms with Crippen molar-refractivity contribution in [2.45, 2.75) is 45.2 Å². The molecule has 6 heteroatoms. The van der Waals surface area contributed by atoms with E-state index in [0.717, 1.165) is 31.4 Å². The first-order valence-electron chi connectivity index (χ1n) is 7.86. The Morgan fingerprint density at radius 3 is 2.95 bits per heavy atom. The third kappa shape index (κ3) is 2.37. The molecule has 2 aromatic heterocycles. The van der Waals surface area contributed by atoms with Gasteiger partial charge in [-0.05, 0) is 18.8 Å². The molecule has 3 heterocycles. The number of fused-ring (bicyclic) bond motifs is 2. The zero-order valence-corrected chi connectivity index (χ0v) is 12.1. The minimum absolute atomic E-state index is 0.0928. The van der Waals surface area contributed by atoms with Gasteiger partial charge in [0.1, 0.15) is 5.82 Å². The highest BCUT2D eigenvalue weighted by molar-refractivity contribution is 5.65. The van der Waals surface area contributed by atoms with E-state index in [1.54, 1.807) is 4.57 Å². The molecule has 21 heavy (non-hydrogen) atoms. The van der Waals surface area contributed by atoms with E-state index in [2.05, 4.69) is 14.9 Å². The van der Waals surface area contributed by atoms with E-state index >= 15 is 0 Å². The molecule has 1 saturated carbocycles. The minimum Gasteiger partial charge on any atom is -0.436 e. The molecule has 112 valence electrons. The highest BCUT2D eigenvalue weighted by Crippen LogP contribution is 2.25. The van der Waals surface area contributed by atoms with Crippen LogP contribution in [0.1, 0.15) is 37.9 Å². The average Bonchev–Trinajstić information content (AvgIpc) is 2.97. The Bertz CT molecular complexity index is 699. The van der Waals surface area contributed by atoms with Crippen LogP contribution in [0.15, 0.2) is 15.6 Å². The molecular weight excluding hydrogens is 268 g/mol. The quantitative estimate of drug-likeness (QED) is 0.843. The molecule has 0 N–H and O–H groups in total. The summed E-state index contributed by atoms with van der Waals surface area (Å²) in [5, 5.41) is 0. The molecule has 6 nitrogen and oxygen atoms in total. The second-order valence-corrected chi connectivity index (χ2v) is 6.23. The Kier molecular flexibility index (Phi) is 3.25. The Hall–Kier alpha value is -1.69. The van der Waals surface area contributed by atoms with E-state index < -0.39 is 0 Å². The highest BCUT2D eigenvalue weighted by atomic mass is 16.3. The van der Waals surface area contributed by atoms with Crippen molar-refractivity contribution in [1.29, 1.82) is 0 Å². The van der Waals surface area contributed by atoms with Crippen LogP contribution >= 0.6 is 0 Å². The number of nitrogens with zero attached hydrogens (tertiary/aromatic N) is 4. The molecule has 0 amide bonds. The first-order valence-corrected chi connectivity index (χ1v) is 7.86. The number of aromatic nitrogens is 3. The van der Waals surface area contributed by atoms with Crippen LogP contribution in [0.5, 0.6) is 0 Å². The summed E-state index contributed by atoms with van der Waals surface area (Å²) in [7, 11) is 0. The molecule has 1 fully saturated rings. The van der Waals surface area contributed by atoms with Gasteiger partial charge >= 0.3 is 0 Å². The molecule has 2 aromatic rings. The van der Waals surface area contributed by atoms with Crippen LogP contribution in [0.4, 0.5) is 0 Å². The zero-order chi connectivity index (χ0) is 14.2. The third-order valence-electron chi connectivity index (χ3n) is 4.78. The Balaban J connectivity index is 1.56. The normalized spacial score (nSPS) is 20.8. The Labute approximate surface area is 122 Å². The van der Waals surface area contributed by atoms with E-state index in [0.29, 0.717) is 12.2 Å². The Morgan fingerprint density at radius 2 is 2.10 bits per heavy atom. The Morgan fingerprint density at radius 1 is 1.24 bits per heavy atom. The van der Waals surface area contributed by atoms with E-state index in [1.807, 2.05) is 0 Å². The lowest BCUT2D eigenvalue weighted by molar-refractivity contribution is 0.162. The molecule has 0 bridgehead atoms. The summed E-state index contributed by atoms with van der Waals surface area (Å²) in [6.07, 6.45) is 8.11. The fourth-order valence-electron chi connectivity index (χ4n) is 3.65. The number of rotatable bonds is 2. The van der Waals surface area contributed by atoms with E-state index in [4.69, 9.17) is 4.42 Å². The van der Waals surface area contributed by atoms with Crippen molar-refractivity contribution in [3.63, 3.8) is 0 Å². The van der Waals surface area contributed by atoms with Gasteiger partial charge in [-0.1, -0.05) is 19.3 Å². The summed E-state index contributed by atoms with van der Waals surface area (Å²) in [4.78, 5) is 23.3. The maximum Gasteiger partial charge on any atom is 0.299 e. The van der Waals surface area contributed by atoms with Crippen molar-refractivity contribution < 1.29 is 4.42 Å². The molecule has 2 aliphatic rings. The van der Waals surface area contributed by atoms with Gasteiger partial charge in [-0.2, -0.15) is 4.98 Å². The van der Waals surface area contributed by atoms with Crippen molar-refractivity contribution >= 4 is 11.2 Å². The van der Waals surface area contributed by atoms with Crippen molar-refractivity contribution in [3.8, 4) is 0 Å². The molecular formula is C15H20N4O2. The van der Waals surface area contributed by atoms with Gasteiger partial charge < -0.3 is 4.42 Å². The average molecular weight is 288 g/mol. The molecule has 0 atom stereocenters. The highest BCUT2D eigenvalue weighted by Gasteiger charge is 2.24. The number of hydrogen-bond acceptors (Lipinski definition) is 5. The first kappa shape index (κ1) is 13.0. The van der Waals surface area contributed by atoms with Crippen molar-refractivity contribution in [1.82, 2.24) is 19.4 Å². The van der Waals surface area contributed by atoms with Crippen molar-refractivity contribution in [2.75, 3.05) is 13.1 Å². The van der Waals surface area contributed by atoms with E-state index in [9.17, 15) is 4.79 Å². The lowest BCUT2D eigenvalue weighted by atomic mass is 9.89. The van der Waals surface area contributed by atoms with Gasteiger partial charge in [0.2, 0.25) is 11.2 Å². The van der Waals surface area contributed by atoms with Crippen LogP contribution in [0.2, 0.25) is 0 Å². The predicted molar refractivity (Wildman–Crippen MR) is 77.9 cm³/mol. The fraction of sp³-hybridized carbons (Fsp3) is 0.667. The minimum atomic E-state index is -0.0928. The van der Waals surface area contributed by atoms with Gasteiger partial charge in [0.05, 0.1) is 6.54 Å². The third-order valence-corrected chi connectivity index (χ3v) is 4.78. The molecule has 1 aliphatic carbocycles. The second-order valence-electron chi connectivity index (χ2n) is 6.23. The lowest BCUT2D eigenvalue weighted by Crippen LogP contribution is -2.42. The van der Waals surface area contributed by atoms with Crippen molar-refractivity contribution in [3.05, 3.63) is 22.6 Å². The molecule has 0 radical (unpaired) electrons. The molecule has 4 rings (SSSR count). The van der Waals surface area contributed by atoms with Gasteiger partial charge in [-0.15, -0.1) is 0 Å². The summed E-state index contributed by atoms with van der Waals surface area (Å²) in [6, 6.07) is 0. The largest absolute Gasteiger partial charge is 0.436 e. The number of oxazole rings is 1. The molecule has 0 unspecified atom stereocenters. The first-order chi connectivity index (χ1) is 10.3. The zero-order valence-electron chi connectivity index (χ0n) is 12.1. The number of hydrogen-bond donors (Lipinski definition) is 0. The SMILES string of the molecule is O=c1c2ocnc2nc2n1CCN(CC1CCCCC1)C2.